The molecule has 0 saturated heterocycles. The Bertz CT molecular complexity index is 1960. The standard InChI is InChI=1S/C83H162O17P2/c1-7-11-13-15-17-19-20-29-37-43-49-55-61-67-82(87)99-78(71-93-80(85)65-59-53-47-39-18-16-14-12-8-2)73-97-101(89,90)95-69-77(84)70-96-102(91,92)98-74-79(72-94-81(86)66-60-54-48-42-36-32-28-27-31-35-41-46-52-58-64-76(6)10-4)100-83(88)68-62-56-50-44-38-33-26-24-22-21-23-25-30-34-40-45-51-57-63-75(5)9-3/h75-79,84H,7-74H2,1-6H3,(H,89,90)(H,91,92)/t75?,76?,77-,78+,79+/m0/s1. The summed E-state index contributed by atoms with van der Waals surface area (Å²) in [5, 5.41) is 10.6. The number of aliphatic hydroxyl groups excluding tert-OH is 1. The molecule has 102 heavy (non-hydrogen) atoms. The Labute approximate surface area is 626 Å². The van der Waals surface area contributed by atoms with E-state index in [1.807, 2.05) is 0 Å². The lowest BCUT2D eigenvalue weighted by molar-refractivity contribution is -0.161. The Morgan fingerprint density at radius 3 is 0.696 bits per heavy atom. The van der Waals surface area contributed by atoms with Crippen molar-refractivity contribution in [2.45, 2.75) is 458 Å². The molecule has 7 atom stereocenters. The average Bonchev–Trinajstić information content (AvgIpc) is 0.911. The highest BCUT2D eigenvalue weighted by atomic mass is 31.2. The van der Waals surface area contributed by atoms with Crippen molar-refractivity contribution in [1.82, 2.24) is 0 Å². The fourth-order valence-electron chi connectivity index (χ4n) is 12.8. The molecular weight excluding hydrogens is 1330 g/mol. The molecule has 606 valence electrons. The van der Waals surface area contributed by atoms with E-state index in [1.165, 1.54) is 257 Å². The number of esters is 4. The number of phosphoric acid groups is 2. The van der Waals surface area contributed by atoms with Crippen LogP contribution in [0.25, 0.3) is 0 Å². The Kier molecular flexibility index (Phi) is 73.1. The number of rotatable bonds is 82. The van der Waals surface area contributed by atoms with E-state index >= 15 is 0 Å². The molecule has 0 amide bonds. The lowest BCUT2D eigenvalue weighted by atomic mass is 9.99. The van der Waals surface area contributed by atoms with Crippen molar-refractivity contribution in [3.63, 3.8) is 0 Å². The molecule has 0 spiro atoms. The van der Waals surface area contributed by atoms with Gasteiger partial charge in [0.25, 0.3) is 0 Å². The van der Waals surface area contributed by atoms with Crippen molar-refractivity contribution in [3.8, 4) is 0 Å². The molecule has 0 aliphatic carbocycles. The fraction of sp³-hybridized carbons (Fsp3) is 0.952. The Hall–Kier alpha value is -1.94. The van der Waals surface area contributed by atoms with Gasteiger partial charge in [-0.1, -0.05) is 388 Å². The molecule has 4 unspecified atom stereocenters. The fourth-order valence-corrected chi connectivity index (χ4v) is 14.4. The van der Waals surface area contributed by atoms with Crippen LogP contribution in [0, 0.1) is 11.8 Å². The second kappa shape index (κ2) is 74.5. The molecule has 0 aromatic rings. The molecule has 0 rings (SSSR count). The van der Waals surface area contributed by atoms with E-state index in [4.69, 9.17) is 37.0 Å². The van der Waals surface area contributed by atoms with E-state index in [0.29, 0.717) is 25.7 Å². The van der Waals surface area contributed by atoms with Gasteiger partial charge in [-0.2, -0.15) is 0 Å². The highest BCUT2D eigenvalue weighted by molar-refractivity contribution is 7.47. The second-order valence-electron chi connectivity index (χ2n) is 30.4. The van der Waals surface area contributed by atoms with Crippen LogP contribution < -0.4 is 0 Å². The van der Waals surface area contributed by atoms with E-state index in [-0.39, 0.29) is 25.7 Å². The van der Waals surface area contributed by atoms with E-state index in [1.54, 1.807) is 0 Å². The van der Waals surface area contributed by atoms with Gasteiger partial charge in [-0.25, -0.2) is 9.13 Å². The number of ether oxygens (including phenoxy) is 4. The Morgan fingerprint density at radius 1 is 0.275 bits per heavy atom. The van der Waals surface area contributed by atoms with Crippen LogP contribution in [0.1, 0.15) is 440 Å². The minimum Gasteiger partial charge on any atom is -0.462 e. The van der Waals surface area contributed by atoms with Gasteiger partial charge in [-0.15, -0.1) is 0 Å². The summed E-state index contributed by atoms with van der Waals surface area (Å²) in [4.78, 5) is 73.0. The van der Waals surface area contributed by atoms with Gasteiger partial charge in [0.05, 0.1) is 26.4 Å². The van der Waals surface area contributed by atoms with Gasteiger partial charge in [0.2, 0.25) is 0 Å². The van der Waals surface area contributed by atoms with Gasteiger partial charge in [-0.05, 0) is 37.5 Å². The highest BCUT2D eigenvalue weighted by Crippen LogP contribution is 2.45. The topological polar surface area (TPSA) is 237 Å². The number of carbonyl (C=O) groups is 4. The summed E-state index contributed by atoms with van der Waals surface area (Å²) in [5.41, 5.74) is 0. The SMILES string of the molecule is CCCCCCCCCCCCCCCC(=O)O[C@H](COC(=O)CCCCCCCCCCC)COP(=O)(O)OC[C@H](O)COP(=O)(O)OC[C@@H](COC(=O)CCCCCCCCCCCCCCCCC(C)CC)OC(=O)CCCCCCCCCCCCCCCCCCCCC(C)CC. The van der Waals surface area contributed by atoms with Crippen LogP contribution in [-0.2, 0) is 65.4 Å². The maximum Gasteiger partial charge on any atom is 0.472 e. The molecule has 19 heteroatoms. The molecule has 0 aliphatic rings. The summed E-state index contributed by atoms with van der Waals surface area (Å²) < 4.78 is 68.7. The van der Waals surface area contributed by atoms with Gasteiger partial charge in [0, 0.05) is 25.7 Å². The predicted octanol–water partition coefficient (Wildman–Crippen LogP) is 25.1. The minimum atomic E-state index is -4.96. The summed E-state index contributed by atoms with van der Waals surface area (Å²) in [6.45, 7) is 9.76. The van der Waals surface area contributed by atoms with Crippen LogP contribution in [0.2, 0.25) is 0 Å². The maximum absolute atomic E-state index is 13.1. The number of aliphatic hydroxyl groups is 1. The lowest BCUT2D eigenvalue weighted by Gasteiger charge is -2.21. The number of hydrogen-bond acceptors (Lipinski definition) is 15. The number of phosphoric ester groups is 2. The van der Waals surface area contributed by atoms with Crippen molar-refractivity contribution in [3.05, 3.63) is 0 Å². The van der Waals surface area contributed by atoms with Gasteiger partial charge in [0.1, 0.15) is 19.3 Å². The normalized spacial score (nSPS) is 14.4. The molecule has 0 aliphatic heterocycles. The summed E-state index contributed by atoms with van der Waals surface area (Å²) in [6, 6.07) is 0. The summed E-state index contributed by atoms with van der Waals surface area (Å²) >= 11 is 0. The van der Waals surface area contributed by atoms with Crippen molar-refractivity contribution in [2.24, 2.45) is 11.8 Å². The van der Waals surface area contributed by atoms with E-state index in [9.17, 15) is 43.2 Å². The van der Waals surface area contributed by atoms with Gasteiger partial charge >= 0.3 is 39.5 Å². The molecule has 3 N–H and O–H groups in total. The zero-order chi connectivity index (χ0) is 74.9. The van der Waals surface area contributed by atoms with Crippen molar-refractivity contribution >= 4 is 39.5 Å². The third-order valence-electron chi connectivity index (χ3n) is 20.2. The maximum atomic E-state index is 13.1. The molecule has 0 fully saturated rings. The first kappa shape index (κ1) is 100. The summed E-state index contributed by atoms with van der Waals surface area (Å²) in [7, 11) is -9.92. The van der Waals surface area contributed by atoms with Crippen LogP contribution in [-0.4, -0.2) is 96.7 Å². The Morgan fingerprint density at radius 2 is 0.471 bits per heavy atom. The number of hydrogen-bond donors (Lipinski definition) is 3. The van der Waals surface area contributed by atoms with E-state index in [0.717, 1.165) is 102 Å². The number of unbranched alkanes of at least 4 members (excludes halogenated alkanes) is 50. The van der Waals surface area contributed by atoms with Gasteiger partial charge in [0.15, 0.2) is 12.2 Å². The second-order valence-corrected chi connectivity index (χ2v) is 33.3. The zero-order valence-electron chi connectivity index (χ0n) is 66.9. The number of carbonyl (C=O) groups excluding carboxylic acids is 4. The van der Waals surface area contributed by atoms with Crippen LogP contribution in [0.4, 0.5) is 0 Å². The molecular formula is C83H162O17P2. The lowest BCUT2D eigenvalue weighted by Crippen LogP contribution is -2.30. The van der Waals surface area contributed by atoms with Crippen molar-refractivity contribution in [1.29, 1.82) is 0 Å². The predicted molar refractivity (Wildman–Crippen MR) is 418 cm³/mol. The monoisotopic (exact) mass is 1490 g/mol. The molecule has 0 radical (unpaired) electrons. The third-order valence-corrected chi connectivity index (χ3v) is 22.1. The summed E-state index contributed by atoms with van der Waals surface area (Å²) in [5.74, 6) is -0.385. The van der Waals surface area contributed by atoms with Crippen LogP contribution in [0.15, 0.2) is 0 Å². The average molecular weight is 1490 g/mol. The van der Waals surface area contributed by atoms with Crippen LogP contribution in [0.3, 0.4) is 0 Å². The van der Waals surface area contributed by atoms with Gasteiger partial charge in [-0.3, -0.25) is 37.3 Å². The first-order chi connectivity index (χ1) is 49.4. The molecule has 0 aromatic carbocycles. The summed E-state index contributed by atoms with van der Waals surface area (Å²) in [6.07, 6.45) is 65.1. The first-order valence-corrected chi connectivity index (χ1v) is 46.1. The first-order valence-electron chi connectivity index (χ1n) is 43.1. The van der Waals surface area contributed by atoms with Crippen molar-refractivity contribution in [2.75, 3.05) is 39.6 Å². The molecule has 0 aromatic heterocycles. The minimum absolute atomic E-state index is 0.108. The van der Waals surface area contributed by atoms with Crippen molar-refractivity contribution < 1.29 is 80.2 Å². The third kappa shape index (κ3) is 73.6. The molecule has 0 saturated carbocycles. The molecule has 0 bridgehead atoms. The van der Waals surface area contributed by atoms with E-state index in [2.05, 4.69) is 41.5 Å². The van der Waals surface area contributed by atoms with Crippen LogP contribution in [0.5, 0.6) is 0 Å². The molecule has 0 heterocycles. The van der Waals surface area contributed by atoms with Crippen LogP contribution >= 0.6 is 15.6 Å². The molecule has 17 nitrogen and oxygen atoms in total. The Balaban J connectivity index is 5.20. The smallest absolute Gasteiger partial charge is 0.462 e. The van der Waals surface area contributed by atoms with Gasteiger partial charge < -0.3 is 33.8 Å². The highest BCUT2D eigenvalue weighted by Gasteiger charge is 2.30. The largest absolute Gasteiger partial charge is 0.472 e. The quantitative estimate of drug-likeness (QED) is 0.0222. The van der Waals surface area contributed by atoms with E-state index < -0.39 is 97.5 Å². The zero-order valence-corrected chi connectivity index (χ0v) is 68.7.